The van der Waals surface area contributed by atoms with Crippen molar-refractivity contribution < 1.29 is 14.7 Å². The number of allylic oxidation sites excluding steroid dienone is 1. The van der Waals surface area contributed by atoms with Crippen LogP contribution in [-0.4, -0.2) is 49.3 Å². The van der Waals surface area contributed by atoms with Crippen molar-refractivity contribution in [3.8, 4) is 11.3 Å². The highest BCUT2D eigenvalue weighted by molar-refractivity contribution is 5.98. The summed E-state index contributed by atoms with van der Waals surface area (Å²) in [5.41, 5.74) is 4.39. The number of unbranched alkanes of at least 4 members (excludes halogenated alkanes) is 1. The summed E-state index contributed by atoms with van der Waals surface area (Å²) >= 11 is 0. The van der Waals surface area contributed by atoms with Crippen LogP contribution < -0.4 is 16.0 Å². The summed E-state index contributed by atoms with van der Waals surface area (Å²) < 4.78 is 2.00. The fraction of sp³-hybridized carbons (Fsp3) is 0.464. The Morgan fingerprint density at radius 2 is 1.92 bits per heavy atom. The Morgan fingerprint density at radius 1 is 1.18 bits per heavy atom. The molecule has 10 heteroatoms. The first-order valence-corrected chi connectivity index (χ1v) is 13.4. The van der Waals surface area contributed by atoms with Crippen molar-refractivity contribution in [1.29, 1.82) is 0 Å². The van der Waals surface area contributed by atoms with Crippen molar-refractivity contribution in [1.82, 2.24) is 30.4 Å². The van der Waals surface area contributed by atoms with Crippen LogP contribution in [0.3, 0.4) is 0 Å². The fourth-order valence-corrected chi connectivity index (χ4v) is 5.40. The number of rotatable bonds is 8. The molecular formula is C28H35N7O3. The lowest BCUT2D eigenvalue weighted by Crippen LogP contribution is -2.44. The van der Waals surface area contributed by atoms with Crippen LogP contribution in [0.5, 0.6) is 0 Å². The Labute approximate surface area is 221 Å². The summed E-state index contributed by atoms with van der Waals surface area (Å²) in [5.74, 6) is 0.498. The molecule has 1 aliphatic heterocycles. The summed E-state index contributed by atoms with van der Waals surface area (Å²) in [5, 5.41) is 24.8. The molecular weight excluding hydrogens is 482 g/mol. The largest absolute Gasteiger partial charge is 0.393 e. The van der Waals surface area contributed by atoms with Gasteiger partial charge in [0.1, 0.15) is 5.69 Å². The topological polar surface area (TPSA) is 134 Å². The van der Waals surface area contributed by atoms with Gasteiger partial charge in [-0.1, -0.05) is 37.6 Å². The van der Waals surface area contributed by atoms with Gasteiger partial charge in [-0.15, -0.1) is 0 Å². The number of aliphatic hydroxyl groups excluding tert-OH is 1. The SMILES string of the molecule is CCCCNc1ncc2c(-c3ccc(C4NC(=O)NC(C)=C4C(C)=O)cc3)nn([C@H]3CC[C@@H](O)CC3)c2n1. The third-order valence-electron chi connectivity index (χ3n) is 7.44. The Bertz CT molecular complexity index is 1370. The lowest BCUT2D eigenvalue weighted by molar-refractivity contribution is -0.114. The van der Waals surface area contributed by atoms with Crippen LogP contribution in [0, 0.1) is 0 Å². The highest BCUT2D eigenvalue weighted by Gasteiger charge is 2.30. The van der Waals surface area contributed by atoms with Crippen molar-refractivity contribution in [3.63, 3.8) is 0 Å². The summed E-state index contributed by atoms with van der Waals surface area (Å²) in [4.78, 5) is 33.9. The number of ketones is 1. The highest BCUT2D eigenvalue weighted by Crippen LogP contribution is 2.35. The molecule has 200 valence electrons. The number of hydrogen-bond acceptors (Lipinski definition) is 7. The standard InChI is InChI=1S/C28H35N7O3/c1-4-5-14-29-27-30-15-22-24(34-35(26(22)33-27)20-10-12-21(37)13-11-20)18-6-8-19(9-7-18)25-23(17(3)36)16(2)31-28(38)32-25/h6-9,15,20-21,25,37H,4-5,10-14H2,1-3H3,(H,29,30,33)(H2,31,32,38)/t20-,21+,25?. The van der Waals surface area contributed by atoms with Gasteiger partial charge in [0, 0.05) is 29.6 Å². The van der Waals surface area contributed by atoms with E-state index in [-0.39, 0.29) is 24.0 Å². The van der Waals surface area contributed by atoms with Crippen molar-refractivity contribution in [2.75, 3.05) is 11.9 Å². The van der Waals surface area contributed by atoms with Gasteiger partial charge in [0.15, 0.2) is 11.4 Å². The zero-order chi connectivity index (χ0) is 26.8. The van der Waals surface area contributed by atoms with Gasteiger partial charge in [-0.3, -0.25) is 4.79 Å². The van der Waals surface area contributed by atoms with Gasteiger partial charge in [-0.2, -0.15) is 10.1 Å². The molecule has 1 fully saturated rings. The van der Waals surface area contributed by atoms with Gasteiger partial charge < -0.3 is 21.1 Å². The molecule has 3 aromatic rings. The molecule has 2 aliphatic rings. The van der Waals surface area contributed by atoms with Crippen LogP contribution in [0.25, 0.3) is 22.3 Å². The zero-order valence-corrected chi connectivity index (χ0v) is 22.1. The van der Waals surface area contributed by atoms with Crippen LogP contribution in [0.15, 0.2) is 41.7 Å². The third kappa shape index (κ3) is 5.13. The number of benzene rings is 1. The van der Waals surface area contributed by atoms with E-state index in [1.165, 1.54) is 6.92 Å². The Morgan fingerprint density at radius 3 is 2.61 bits per heavy atom. The minimum atomic E-state index is -0.515. The van der Waals surface area contributed by atoms with E-state index in [0.717, 1.165) is 72.9 Å². The van der Waals surface area contributed by atoms with Crippen LogP contribution in [0.2, 0.25) is 0 Å². The summed E-state index contributed by atoms with van der Waals surface area (Å²) in [7, 11) is 0. The molecule has 0 radical (unpaired) electrons. The maximum absolute atomic E-state index is 12.3. The van der Waals surface area contributed by atoms with Crippen LogP contribution in [0.1, 0.15) is 76.9 Å². The predicted molar refractivity (Wildman–Crippen MR) is 145 cm³/mol. The third-order valence-corrected chi connectivity index (χ3v) is 7.44. The second-order valence-electron chi connectivity index (χ2n) is 10.2. The first-order chi connectivity index (χ1) is 18.4. The van der Waals surface area contributed by atoms with E-state index in [4.69, 9.17) is 10.1 Å². The quantitative estimate of drug-likeness (QED) is 0.325. The van der Waals surface area contributed by atoms with Gasteiger partial charge in [-0.05, 0) is 51.5 Å². The Hall–Kier alpha value is -3.79. The van der Waals surface area contributed by atoms with E-state index >= 15 is 0 Å². The van der Waals surface area contributed by atoms with E-state index in [0.29, 0.717) is 17.2 Å². The van der Waals surface area contributed by atoms with Crippen molar-refractivity contribution in [2.45, 2.75) is 77.5 Å². The average molecular weight is 518 g/mol. The van der Waals surface area contributed by atoms with E-state index in [1.54, 1.807) is 6.92 Å². The predicted octanol–water partition coefficient (Wildman–Crippen LogP) is 4.40. The molecule has 1 saturated carbocycles. The molecule has 2 aromatic heterocycles. The van der Waals surface area contributed by atoms with Crippen molar-refractivity contribution >= 4 is 28.8 Å². The number of hydrogen-bond donors (Lipinski definition) is 4. The maximum Gasteiger partial charge on any atom is 0.319 e. The number of carbonyl (C=O) groups is 2. The van der Waals surface area contributed by atoms with E-state index in [2.05, 4.69) is 27.9 Å². The molecule has 1 aromatic carbocycles. The first kappa shape index (κ1) is 25.8. The number of anilines is 1. The summed E-state index contributed by atoms with van der Waals surface area (Å²) in [6.45, 7) is 6.20. The van der Waals surface area contributed by atoms with Gasteiger partial charge >= 0.3 is 6.03 Å². The monoisotopic (exact) mass is 517 g/mol. The summed E-state index contributed by atoms with van der Waals surface area (Å²) in [6.07, 6.45) is 6.87. The lowest BCUT2D eigenvalue weighted by atomic mass is 9.92. The molecule has 38 heavy (non-hydrogen) atoms. The number of amides is 2. The number of Topliss-reactive ketones (excluding diaryl/α,β-unsaturated/α-hetero) is 1. The fourth-order valence-electron chi connectivity index (χ4n) is 5.40. The van der Waals surface area contributed by atoms with E-state index in [9.17, 15) is 14.7 Å². The zero-order valence-electron chi connectivity index (χ0n) is 22.1. The minimum absolute atomic E-state index is 0.0908. The Kier molecular flexibility index (Phi) is 7.42. The minimum Gasteiger partial charge on any atom is -0.393 e. The van der Waals surface area contributed by atoms with Gasteiger partial charge in [-0.25, -0.2) is 14.5 Å². The highest BCUT2D eigenvalue weighted by atomic mass is 16.3. The number of carbonyl (C=O) groups excluding carboxylic acids is 2. The van der Waals surface area contributed by atoms with E-state index < -0.39 is 6.04 Å². The second-order valence-corrected chi connectivity index (χ2v) is 10.2. The van der Waals surface area contributed by atoms with Gasteiger partial charge in [0.2, 0.25) is 5.95 Å². The maximum atomic E-state index is 12.3. The number of fused-ring (bicyclic) bond motifs is 1. The van der Waals surface area contributed by atoms with Crippen LogP contribution in [0.4, 0.5) is 10.7 Å². The molecule has 0 bridgehead atoms. The van der Waals surface area contributed by atoms with Gasteiger partial charge in [0.25, 0.3) is 0 Å². The molecule has 3 heterocycles. The second kappa shape index (κ2) is 10.9. The Balaban J connectivity index is 1.51. The normalized spacial score (nSPS) is 21.8. The smallest absolute Gasteiger partial charge is 0.319 e. The lowest BCUT2D eigenvalue weighted by Gasteiger charge is -2.28. The number of aromatic nitrogens is 4. The first-order valence-electron chi connectivity index (χ1n) is 13.4. The molecule has 0 saturated heterocycles. The molecule has 10 nitrogen and oxygen atoms in total. The molecule has 1 aliphatic carbocycles. The van der Waals surface area contributed by atoms with E-state index in [1.807, 2.05) is 35.1 Å². The number of nitrogens with zero attached hydrogens (tertiary/aromatic N) is 4. The number of aliphatic hydroxyl groups is 1. The van der Waals surface area contributed by atoms with Crippen molar-refractivity contribution in [3.05, 3.63) is 47.3 Å². The number of urea groups is 1. The molecule has 1 unspecified atom stereocenters. The summed E-state index contributed by atoms with van der Waals surface area (Å²) in [6, 6.07) is 7.07. The molecule has 5 rings (SSSR count). The van der Waals surface area contributed by atoms with Crippen LogP contribution >= 0.6 is 0 Å². The molecule has 1 atom stereocenters. The number of nitrogens with one attached hydrogen (secondary N) is 3. The average Bonchev–Trinajstić information content (AvgIpc) is 3.27. The van der Waals surface area contributed by atoms with Crippen LogP contribution in [-0.2, 0) is 4.79 Å². The molecule has 4 N–H and O–H groups in total. The van der Waals surface area contributed by atoms with Crippen molar-refractivity contribution in [2.24, 2.45) is 0 Å². The van der Waals surface area contributed by atoms with Gasteiger partial charge in [0.05, 0.1) is 23.6 Å². The molecule has 0 spiro atoms. The molecule has 2 amide bonds.